The largest absolute Gasteiger partial charge is 0.399 e. The highest BCUT2D eigenvalue weighted by molar-refractivity contribution is 7.89. The van der Waals surface area contributed by atoms with E-state index >= 15 is 0 Å². The first-order valence-electron chi connectivity index (χ1n) is 7.29. The molecule has 0 fully saturated rings. The van der Waals surface area contributed by atoms with Crippen LogP contribution >= 0.6 is 0 Å². The van der Waals surface area contributed by atoms with Crippen molar-refractivity contribution in [1.29, 1.82) is 0 Å². The first-order valence-corrected chi connectivity index (χ1v) is 8.77. The van der Waals surface area contributed by atoms with Crippen molar-refractivity contribution < 1.29 is 13.5 Å². The zero-order chi connectivity index (χ0) is 16.0. The van der Waals surface area contributed by atoms with E-state index in [1.807, 2.05) is 13.8 Å². The third kappa shape index (κ3) is 4.98. The topological polar surface area (TPSA) is 92.4 Å². The Morgan fingerprint density at radius 1 is 1.29 bits per heavy atom. The minimum Gasteiger partial charge on any atom is -0.399 e. The minimum absolute atomic E-state index is 0.0722. The summed E-state index contributed by atoms with van der Waals surface area (Å²) >= 11 is 0. The van der Waals surface area contributed by atoms with Gasteiger partial charge in [0.05, 0.1) is 4.90 Å². The molecule has 0 aromatic heterocycles. The Balaban J connectivity index is 2.91. The van der Waals surface area contributed by atoms with Crippen molar-refractivity contribution >= 4 is 15.7 Å². The van der Waals surface area contributed by atoms with E-state index in [-0.39, 0.29) is 17.4 Å². The molecule has 6 heteroatoms. The molecule has 120 valence electrons. The molecule has 0 aliphatic heterocycles. The van der Waals surface area contributed by atoms with Crippen LogP contribution in [0.5, 0.6) is 0 Å². The van der Waals surface area contributed by atoms with Gasteiger partial charge in [-0.1, -0.05) is 13.3 Å². The van der Waals surface area contributed by atoms with Crippen molar-refractivity contribution in [2.75, 3.05) is 18.9 Å². The molecule has 21 heavy (non-hydrogen) atoms. The van der Waals surface area contributed by atoms with Crippen LogP contribution in [0.3, 0.4) is 0 Å². The number of sulfonamides is 1. The normalized spacial score (nSPS) is 13.3. The van der Waals surface area contributed by atoms with E-state index in [0.29, 0.717) is 24.2 Å². The zero-order valence-corrected chi connectivity index (χ0v) is 13.8. The maximum absolute atomic E-state index is 12.4. The number of aliphatic hydroxyl groups excluding tert-OH is 1. The summed E-state index contributed by atoms with van der Waals surface area (Å²) < 4.78 is 27.5. The Kier molecular flexibility index (Phi) is 6.64. The molecule has 0 amide bonds. The van der Waals surface area contributed by atoms with Crippen molar-refractivity contribution in [1.82, 2.24) is 4.72 Å². The molecule has 1 atom stereocenters. The average Bonchev–Trinajstić information content (AvgIpc) is 2.40. The van der Waals surface area contributed by atoms with Gasteiger partial charge in [0.15, 0.2) is 0 Å². The highest BCUT2D eigenvalue weighted by atomic mass is 32.2. The number of nitrogens with one attached hydrogen (secondary N) is 1. The lowest BCUT2D eigenvalue weighted by molar-refractivity contribution is 0.251. The van der Waals surface area contributed by atoms with Crippen LogP contribution in [-0.4, -0.2) is 26.7 Å². The quantitative estimate of drug-likeness (QED) is 0.640. The molecule has 0 heterocycles. The molecule has 0 saturated carbocycles. The predicted molar refractivity (Wildman–Crippen MR) is 85.6 cm³/mol. The number of rotatable bonds is 8. The summed E-state index contributed by atoms with van der Waals surface area (Å²) in [4.78, 5) is 0.235. The van der Waals surface area contributed by atoms with Gasteiger partial charge in [0.25, 0.3) is 0 Å². The average molecular weight is 314 g/mol. The molecule has 1 aromatic rings. The van der Waals surface area contributed by atoms with Gasteiger partial charge in [0, 0.05) is 18.8 Å². The summed E-state index contributed by atoms with van der Waals surface area (Å²) in [5.74, 6) is 0.150. The van der Waals surface area contributed by atoms with Crippen LogP contribution in [0.4, 0.5) is 5.69 Å². The molecule has 0 aliphatic carbocycles. The van der Waals surface area contributed by atoms with E-state index in [2.05, 4.69) is 4.72 Å². The third-order valence-corrected chi connectivity index (χ3v) is 5.28. The zero-order valence-electron chi connectivity index (χ0n) is 13.0. The third-order valence-electron chi connectivity index (χ3n) is 3.73. The van der Waals surface area contributed by atoms with Gasteiger partial charge in [0.2, 0.25) is 10.0 Å². The van der Waals surface area contributed by atoms with Crippen molar-refractivity contribution in [2.24, 2.45) is 5.92 Å². The number of hydrogen-bond acceptors (Lipinski definition) is 4. The van der Waals surface area contributed by atoms with Gasteiger partial charge in [-0.05, 0) is 55.9 Å². The second-order valence-electron chi connectivity index (χ2n) is 5.48. The number of anilines is 1. The maximum Gasteiger partial charge on any atom is 0.240 e. The van der Waals surface area contributed by atoms with E-state index in [1.54, 1.807) is 13.0 Å². The second-order valence-corrected chi connectivity index (χ2v) is 7.22. The highest BCUT2D eigenvalue weighted by Crippen LogP contribution is 2.22. The Labute approximate surface area is 127 Å². The Morgan fingerprint density at radius 3 is 2.52 bits per heavy atom. The highest BCUT2D eigenvalue weighted by Gasteiger charge is 2.20. The predicted octanol–water partition coefficient (Wildman–Crippen LogP) is 1.96. The molecule has 0 radical (unpaired) electrons. The van der Waals surface area contributed by atoms with Crippen LogP contribution in [0.25, 0.3) is 0 Å². The second kappa shape index (κ2) is 7.77. The molecule has 4 N–H and O–H groups in total. The van der Waals surface area contributed by atoms with Gasteiger partial charge >= 0.3 is 0 Å². The molecule has 0 aliphatic rings. The summed E-state index contributed by atoms with van der Waals surface area (Å²) in [6.07, 6.45) is 2.45. The Hall–Kier alpha value is -1.11. The minimum atomic E-state index is -3.58. The van der Waals surface area contributed by atoms with E-state index < -0.39 is 10.0 Å². The molecule has 5 nitrogen and oxygen atoms in total. The summed E-state index contributed by atoms with van der Waals surface area (Å²) in [5, 5.41) is 9.03. The molecule has 0 saturated heterocycles. The van der Waals surface area contributed by atoms with E-state index in [9.17, 15) is 8.42 Å². The molecule has 1 unspecified atom stereocenters. The number of hydrogen-bond donors (Lipinski definition) is 3. The first kappa shape index (κ1) is 17.9. The molecule has 1 rings (SSSR count). The van der Waals surface area contributed by atoms with E-state index in [0.717, 1.165) is 18.4 Å². The van der Waals surface area contributed by atoms with Gasteiger partial charge in [-0.15, -0.1) is 0 Å². The molecule has 0 bridgehead atoms. The summed E-state index contributed by atoms with van der Waals surface area (Å²) in [6, 6.07) is 3.26. The van der Waals surface area contributed by atoms with Crippen LogP contribution in [-0.2, 0) is 10.0 Å². The Morgan fingerprint density at radius 2 is 1.95 bits per heavy atom. The first-order chi connectivity index (χ1) is 9.81. The van der Waals surface area contributed by atoms with Gasteiger partial charge in [-0.25, -0.2) is 13.1 Å². The number of benzene rings is 1. The lowest BCUT2D eigenvalue weighted by Crippen LogP contribution is -2.30. The number of nitrogens with two attached hydrogens (primary N) is 1. The summed E-state index contributed by atoms with van der Waals surface area (Å²) in [5.41, 5.74) is 7.77. The van der Waals surface area contributed by atoms with Crippen molar-refractivity contribution in [2.45, 2.75) is 44.9 Å². The van der Waals surface area contributed by atoms with Gasteiger partial charge in [-0.3, -0.25) is 0 Å². The SMILES string of the molecule is CCCC(CCO)CNS(=O)(=O)c1cc(N)cc(C)c1C. The van der Waals surface area contributed by atoms with Gasteiger partial charge < -0.3 is 10.8 Å². The smallest absolute Gasteiger partial charge is 0.240 e. The fourth-order valence-corrected chi connectivity index (χ4v) is 3.84. The summed E-state index contributed by atoms with van der Waals surface area (Å²) in [7, 11) is -3.58. The van der Waals surface area contributed by atoms with Crippen molar-refractivity contribution in [3.63, 3.8) is 0 Å². The fourth-order valence-electron chi connectivity index (χ4n) is 2.38. The number of aryl methyl sites for hydroxylation is 1. The van der Waals surface area contributed by atoms with Crippen LogP contribution in [0, 0.1) is 19.8 Å². The van der Waals surface area contributed by atoms with Crippen molar-refractivity contribution in [3.05, 3.63) is 23.3 Å². The molecule has 0 spiro atoms. The standard InChI is InChI=1S/C15H26N2O3S/c1-4-5-13(6-7-18)10-17-21(19,20)15-9-14(16)8-11(2)12(15)3/h8-9,13,17-18H,4-7,10,16H2,1-3H3. The van der Waals surface area contributed by atoms with Crippen LogP contribution in [0.15, 0.2) is 17.0 Å². The van der Waals surface area contributed by atoms with E-state index in [4.69, 9.17) is 10.8 Å². The van der Waals surface area contributed by atoms with Crippen LogP contribution in [0.2, 0.25) is 0 Å². The van der Waals surface area contributed by atoms with Crippen LogP contribution < -0.4 is 10.5 Å². The number of nitrogen functional groups attached to an aromatic ring is 1. The maximum atomic E-state index is 12.4. The number of aliphatic hydroxyl groups is 1. The van der Waals surface area contributed by atoms with Gasteiger partial charge in [0.1, 0.15) is 0 Å². The summed E-state index contributed by atoms with van der Waals surface area (Å²) in [6.45, 7) is 6.08. The van der Waals surface area contributed by atoms with E-state index in [1.165, 1.54) is 6.07 Å². The van der Waals surface area contributed by atoms with Crippen LogP contribution in [0.1, 0.15) is 37.3 Å². The molecular weight excluding hydrogens is 288 g/mol. The monoisotopic (exact) mass is 314 g/mol. The van der Waals surface area contributed by atoms with Gasteiger partial charge in [-0.2, -0.15) is 0 Å². The Bertz CT molecular complexity index is 565. The molecule has 1 aromatic carbocycles. The fraction of sp³-hybridized carbons (Fsp3) is 0.600. The lowest BCUT2D eigenvalue weighted by atomic mass is 10.0. The molecular formula is C15H26N2O3S. The van der Waals surface area contributed by atoms with Crippen molar-refractivity contribution in [3.8, 4) is 0 Å². The lowest BCUT2D eigenvalue weighted by Gasteiger charge is -2.17.